The molecule has 0 spiro atoms. The molecule has 2 N–H and O–H groups in total. The first kappa shape index (κ1) is 20.0. The number of aliphatic imine (C=N–C) groups is 1. The second-order valence-corrected chi connectivity index (χ2v) is 7.20. The molecular formula is C17H35IN4. The Kier molecular flexibility index (Phi) is 9.71. The van der Waals surface area contributed by atoms with Crippen molar-refractivity contribution in [2.24, 2.45) is 22.6 Å². The number of likely N-dealkylation sites (tertiary alicyclic amines) is 2. The van der Waals surface area contributed by atoms with E-state index < -0.39 is 0 Å². The predicted octanol–water partition coefficient (Wildman–Crippen LogP) is 3.16. The fourth-order valence-electron chi connectivity index (χ4n) is 3.86. The minimum Gasteiger partial charge on any atom is -0.370 e. The summed E-state index contributed by atoms with van der Waals surface area (Å²) in [5, 5.41) is 0. The molecule has 0 bridgehead atoms. The highest BCUT2D eigenvalue weighted by Gasteiger charge is 2.21. The Morgan fingerprint density at radius 1 is 1.05 bits per heavy atom. The summed E-state index contributed by atoms with van der Waals surface area (Å²) in [6.07, 6.45) is 7.73. The Labute approximate surface area is 153 Å². The van der Waals surface area contributed by atoms with Gasteiger partial charge in [0.25, 0.3) is 0 Å². The van der Waals surface area contributed by atoms with Gasteiger partial charge in [0.1, 0.15) is 0 Å². The summed E-state index contributed by atoms with van der Waals surface area (Å²) in [5.41, 5.74) is 6.14. The predicted molar refractivity (Wildman–Crippen MR) is 106 cm³/mol. The normalized spacial score (nSPS) is 28.1. The molecule has 2 aliphatic rings. The number of nitrogens with zero attached hydrogens (tertiary/aromatic N) is 3. The maximum Gasteiger partial charge on any atom is 0.191 e. The Balaban J connectivity index is 0.00000242. The molecule has 130 valence electrons. The molecule has 2 aliphatic heterocycles. The van der Waals surface area contributed by atoms with Crippen LogP contribution < -0.4 is 5.73 Å². The van der Waals surface area contributed by atoms with Crippen LogP contribution in [0, 0.1) is 11.8 Å². The van der Waals surface area contributed by atoms with Crippen LogP contribution in [0.15, 0.2) is 4.99 Å². The largest absolute Gasteiger partial charge is 0.370 e. The van der Waals surface area contributed by atoms with Crippen molar-refractivity contribution in [3.05, 3.63) is 0 Å². The molecule has 0 aromatic carbocycles. The lowest BCUT2D eigenvalue weighted by atomic mass is 9.92. The molecule has 0 saturated carbocycles. The van der Waals surface area contributed by atoms with Gasteiger partial charge >= 0.3 is 0 Å². The van der Waals surface area contributed by atoms with E-state index in [1.165, 1.54) is 51.7 Å². The monoisotopic (exact) mass is 422 g/mol. The highest BCUT2D eigenvalue weighted by atomic mass is 127. The number of rotatable bonds is 4. The molecule has 2 rings (SSSR count). The minimum atomic E-state index is 0. The molecule has 22 heavy (non-hydrogen) atoms. The standard InChI is InChI=1S/C17H34N4.HI/c1-15-12-16(2)14-20(13-15)9-7-8-19-17(18)21-10-5-3-4-6-11-21;/h15-16H,3-14H2,1-2H3,(H2,18,19);1H. The van der Waals surface area contributed by atoms with Crippen molar-refractivity contribution < 1.29 is 0 Å². The zero-order chi connectivity index (χ0) is 15.1. The summed E-state index contributed by atoms with van der Waals surface area (Å²) in [5.74, 6) is 2.47. The first-order chi connectivity index (χ1) is 10.1. The van der Waals surface area contributed by atoms with E-state index >= 15 is 0 Å². The van der Waals surface area contributed by atoms with E-state index in [9.17, 15) is 0 Å². The molecular weight excluding hydrogens is 387 g/mol. The van der Waals surface area contributed by atoms with Gasteiger partial charge in [-0.05, 0) is 44.1 Å². The Morgan fingerprint density at radius 2 is 1.64 bits per heavy atom. The summed E-state index contributed by atoms with van der Waals surface area (Å²) in [6, 6.07) is 0. The van der Waals surface area contributed by atoms with Crippen LogP contribution in [0.2, 0.25) is 0 Å². The van der Waals surface area contributed by atoms with Gasteiger partial charge in [0.2, 0.25) is 0 Å². The first-order valence-corrected chi connectivity index (χ1v) is 8.92. The third-order valence-electron chi connectivity index (χ3n) is 4.78. The van der Waals surface area contributed by atoms with Gasteiger partial charge in [-0.2, -0.15) is 0 Å². The minimum absolute atomic E-state index is 0. The van der Waals surface area contributed by atoms with E-state index in [1.54, 1.807) is 0 Å². The summed E-state index contributed by atoms with van der Waals surface area (Å²) < 4.78 is 0. The van der Waals surface area contributed by atoms with E-state index in [2.05, 4.69) is 28.6 Å². The van der Waals surface area contributed by atoms with Crippen LogP contribution in [-0.4, -0.2) is 55.0 Å². The van der Waals surface area contributed by atoms with Crippen LogP contribution >= 0.6 is 24.0 Å². The second kappa shape index (κ2) is 10.7. The molecule has 0 radical (unpaired) electrons. The van der Waals surface area contributed by atoms with Gasteiger partial charge in [-0.3, -0.25) is 4.99 Å². The number of nitrogens with two attached hydrogens (primary N) is 1. The summed E-state index contributed by atoms with van der Waals surface area (Å²) in [6.45, 7) is 11.5. The maximum atomic E-state index is 6.14. The molecule has 4 nitrogen and oxygen atoms in total. The van der Waals surface area contributed by atoms with Crippen molar-refractivity contribution in [2.75, 3.05) is 39.3 Å². The summed E-state index contributed by atoms with van der Waals surface area (Å²) >= 11 is 0. The molecule has 0 aliphatic carbocycles. The van der Waals surface area contributed by atoms with Crippen molar-refractivity contribution in [3.8, 4) is 0 Å². The lowest BCUT2D eigenvalue weighted by Gasteiger charge is -2.34. The van der Waals surface area contributed by atoms with Gasteiger partial charge in [0.15, 0.2) is 5.96 Å². The summed E-state index contributed by atoms with van der Waals surface area (Å²) in [7, 11) is 0. The van der Waals surface area contributed by atoms with Crippen LogP contribution in [-0.2, 0) is 0 Å². The topological polar surface area (TPSA) is 44.9 Å². The zero-order valence-electron chi connectivity index (χ0n) is 14.5. The van der Waals surface area contributed by atoms with Crippen LogP contribution in [0.1, 0.15) is 52.4 Å². The molecule has 0 aromatic heterocycles. The summed E-state index contributed by atoms with van der Waals surface area (Å²) in [4.78, 5) is 9.49. The number of piperidine rings is 1. The molecule has 0 amide bonds. The lowest BCUT2D eigenvalue weighted by molar-refractivity contribution is 0.140. The van der Waals surface area contributed by atoms with E-state index in [4.69, 9.17) is 5.73 Å². The fraction of sp³-hybridized carbons (Fsp3) is 0.941. The number of halogens is 1. The Hall–Kier alpha value is -0.0400. The van der Waals surface area contributed by atoms with Crippen LogP contribution in [0.4, 0.5) is 0 Å². The van der Waals surface area contributed by atoms with Gasteiger partial charge in [0, 0.05) is 32.7 Å². The molecule has 5 heteroatoms. The van der Waals surface area contributed by atoms with E-state index in [0.29, 0.717) is 0 Å². The smallest absolute Gasteiger partial charge is 0.191 e. The molecule has 2 fully saturated rings. The number of hydrogen-bond donors (Lipinski definition) is 1. The van der Waals surface area contributed by atoms with Crippen LogP contribution in [0.25, 0.3) is 0 Å². The average molecular weight is 422 g/mol. The quantitative estimate of drug-likeness (QED) is 0.328. The molecule has 2 atom stereocenters. The van der Waals surface area contributed by atoms with Gasteiger partial charge in [-0.1, -0.05) is 26.7 Å². The van der Waals surface area contributed by atoms with Crippen LogP contribution in [0.5, 0.6) is 0 Å². The lowest BCUT2D eigenvalue weighted by Crippen LogP contribution is -2.40. The zero-order valence-corrected chi connectivity index (χ0v) is 16.8. The van der Waals surface area contributed by atoms with Crippen molar-refractivity contribution >= 4 is 29.9 Å². The number of guanidine groups is 1. The third-order valence-corrected chi connectivity index (χ3v) is 4.78. The van der Waals surface area contributed by atoms with E-state index in [1.807, 2.05) is 0 Å². The SMILES string of the molecule is CC1CC(C)CN(CCCN=C(N)N2CCCCCC2)C1.I. The first-order valence-electron chi connectivity index (χ1n) is 8.92. The second-order valence-electron chi connectivity index (χ2n) is 7.20. The van der Waals surface area contributed by atoms with E-state index in [-0.39, 0.29) is 24.0 Å². The van der Waals surface area contributed by atoms with Crippen molar-refractivity contribution in [1.82, 2.24) is 9.80 Å². The van der Waals surface area contributed by atoms with Crippen LogP contribution in [0.3, 0.4) is 0 Å². The van der Waals surface area contributed by atoms with Crippen molar-refractivity contribution in [3.63, 3.8) is 0 Å². The molecule has 0 aromatic rings. The fourth-order valence-corrected chi connectivity index (χ4v) is 3.86. The maximum absolute atomic E-state index is 6.14. The van der Waals surface area contributed by atoms with Gasteiger partial charge in [0.05, 0.1) is 0 Å². The van der Waals surface area contributed by atoms with Gasteiger partial charge in [-0.15, -0.1) is 24.0 Å². The number of hydrogen-bond acceptors (Lipinski definition) is 2. The van der Waals surface area contributed by atoms with E-state index in [0.717, 1.165) is 43.9 Å². The van der Waals surface area contributed by atoms with Gasteiger partial charge < -0.3 is 15.5 Å². The van der Waals surface area contributed by atoms with Crippen molar-refractivity contribution in [1.29, 1.82) is 0 Å². The molecule has 2 saturated heterocycles. The van der Waals surface area contributed by atoms with Crippen molar-refractivity contribution in [2.45, 2.75) is 52.4 Å². The molecule has 2 heterocycles. The Bertz CT molecular complexity index is 317. The highest BCUT2D eigenvalue weighted by molar-refractivity contribution is 14.0. The third kappa shape index (κ3) is 7.02. The Morgan fingerprint density at radius 3 is 2.23 bits per heavy atom. The van der Waals surface area contributed by atoms with Gasteiger partial charge in [-0.25, -0.2) is 0 Å². The average Bonchev–Trinajstić information content (AvgIpc) is 2.71. The highest BCUT2D eigenvalue weighted by Crippen LogP contribution is 2.20. The molecule has 2 unspecified atom stereocenters.